The van der Waals surface area contributed by atoms with Crippen LogP contribution in [0.4, 0.5) is 0 Å². The Morgan fingerprint density at radius 3 is 1.40 bits per heavy atom. The minimum atomic E-state index is -3.94. The van der Waals surface area contributed by atoms with Crippen molar-refractivity contribution >= 4 is 20.2 Å². The molecule has 1 saturated carbocycles. The van der Waals surface area contributed by atoms with Gasteiger partial charge < -0.3 is 5.11 Å². The first-order valence-corrected chi connectivity index (χ1v) is 12.5. The number of aryl methyl sites for hydroxylation is 2. The summed E-state index contributed by atoms with van der Waals surface area (Å²) in [6, 6.07) is 12.6. The number of benzene rings is 2. The summed E-state index contributed by atoms with van der Waals surface area (Å²) >= 11 is 0. The Kier molecular flexibility index (Phi) is 6.98. The SMILES string of the molecule is Cc1ccc(S(=O)(=O)OCC2CC(O)CC2COS(=O)(=O)c2ccc(C)cc2)cc1. The number of aliphatic hydroxyl groups is 1. The van der Waals surface area contributed by atoms with Crippen LogP contribution < -0.4 is 0 Å². The first-order valence-electron chi connectivity index (χ1n) is 9.67. The molecule has 0 amide bonds. The Bertz CT molecular complexity index is 972. The quantitative estimate of drug-likeness (QED) is 0.611. The lowest BCUT2D eigenvalue weighted by Crippen LogP contribution is -2.23. The monoisotopic (exact) mass is 454 g/mol. The third-order valence-electron chi connectivity index (χ3n) is 5.31. The van der Waals surface area contributed by atoms with Crippen LogP contribution in [0.5, 0.6) is 0 Å². The predicted molar refractivity (Wildman–Crippen MR) is 111 cm³/mol. The largest absolute Gasteiger partial charge is 0.393 e. The second-order valence-electron chi connectivity index (χ2n) is 7.75. The second-order valence-corrected chi connectivity index (χ2v) is 11.0. The van der Waals surface area contributed by atoms with Gasteiger partial charge in [-0.05, 0) is 62.8 Å². The summed E-state index contributed by atoms with van der Waals surface area (Å²) in [5.41, 5.74) is 1.86. The van der Waals surface area contributed by atoms with Crippen molar-refractivity contribution in [2.45, 2.75) is 42.6 Å². The smallest absolute Gasteiger partial charge is 0.296 e. The van der Waals surface area contributed by atoms with E-state index in [-0.39, 0.29) is 34.8 Å². The van der Waals surface area contributed by atoms with Crippen LogP contribution in [-0.4, -0.2) is 41.3 Å². The molecule has 3 rings (SSSR count). The van der Waals surface area contributed by atoms with Gasteiger partial charge in [-0.15, -0.1) is 0 Å². The fourth-order valence-corrected chi connectivity index (χ4v) is 5.41. The van der Waals surface area contributed by atoms with Crippen molar-refractivity contribution in [2.24, 2.45) is 11.8 Å². The zero-order valence-corrected chi connectivity index (χ0v) is 18.5. The zero-order chi connectivity index (χ0) is 21.9. The van der Waals surface area contributed by atoms with Crippen molar-refractivity contribution in [3.05, 3.63) is 59.7 Å². The first kappa shape index (κ1) is 22.9. The molecule has 0 bridgehead atoms. The van der Waals surface area contributed by atoms with Gasteiger partial charge in [-0.3, -0.25) is 8.37 Å². The molecule has 2 aromatic carbocycles. The average Bonchev–Trinajstić information content (AvgIpc) is 3.05. The van der Waals surface area contributed by atoms with Crippen molar-refractivity contribution < 1.29 is 30.3 Å². The van der Waals surface area contributed by atoms with E-state index in [1.54, 1.807) is 24.3 Å². The highest BCUT2D eigenvalue weighted by molar-refractivity contribution is 7.87. The Labute approximate surface area is 177 Å². The molecule has 7 nitrogen and oxygen atoms in total. The lowest BCUT2D eigenvalue weighted by atomic mass is 9.98. The van der Waals surface area contributed by atoms with Crippen LogP contribution in [0.15, 0.2) is 58.3 Å². The van der Waals surface area contributed by atoms with Gasteiger partial charge in [0.2, 0.25) is 0 Å². The van der Waals surface area contributed by atoms with Gasteiger partial charge in [0.1, 0.15) is 0 Å². The summed E-state index contributed by atoms with van der Waals surface area (Å²) in [7, 11) is -7.87. The molecule has 0 aromatic heterocycles. The molecule has 9 heteroatoms. The Morgan fingerprint density at radius 2 is 1.07 bits per heavy atom. The number of hydrogen-bond acceptors (Lipinski definition) is 7. The molecule has 1 aliphatic carbocycles. The van der Waals surface area contributed by atoms with Crippen LogP contribution in [0, 0.1) is 25.7 Å². The fourth-order valence-electron chi connectivity index (χ4n) is 3.49. The summed E-state index contributed by atoms with van der Waals surface area (Å²) in [5, 5.41) is 10.0. The maximum atomic E-state index is 12.4. The van der Waals surface area contributed by atoms with Crippen molar-refractivity contribution in [1.82, 2.24) is 0 Å². The van der Waals surface area contributed by atoms with E-state index in [0.29, 0.717) is 12.8 Å². The van der Waals surface area contributed by atoms with Crippen molar-refractivity contribution in [2.75, 3.05) is 13.2 Å². The first-order chi connectivity index (χ1) is 14.1. The molecule has 164 valence electrons. The molecule has 2 atom stereocenters. The lowest BCUT2D eigenvalue weighted by Gasteiger charge is -2.19. The summed E-state index contributed by atoms with van der Waals surface area (Å²) in [6.45, 7) is 3.41. The maximum absolute atomic E-state index is 12.4. The highest BCUT2D eigenvalue weighted by Crippen LogP contribution is 2.34. The molecule has 0 heterocycles. The Morgan fingerprint density at radius 1 is 0.733 bits per heavy atom. The molecule has 1 fully saturated rings. The van der Waals surface area contributed by atoms with E-state index in [9.17, 15) is 21.9 Å². The Hall–Kier alpha value is -1.78. The highest BCUT2D eigenvalue weighted by atomic mass is 32.2. The van der Waals surface area contributed by atoms with E-state index in [4.69, 9.17) is 8.37 Å². The van der Waals surface area contributed by atoms with Crippen LogP contribution in [0.2, 0.25) is 0 Å². The molecule has 1 aliphatic rings. The van der Waals surface area contributed by atoms with Gasteiger partial charge in [0.25, 0.3) is 20.2 Å². The van der Waals surface area contributed by atoms with Gasteiger partial charge in [-0.1, -0.05) is 35.4 Å². The highest BCUT2D eigenvalue weighted by Gasteiger charge is 2.36. The minimum absolute atomic E-state index is 0.0568. The molecule has 0 radical (unpaired) electrons. The van der Waals surface area contributed by atoms with Gasteiger partial charge in [-0.25, -0.2) is 0 Å². The summed E-state index contributed by atoms with van der Waals surface area (Å²) in [4.78, 5) is 0.114. The average molecular weight is 455 g/mol. The topological polar surface area (TPSA) is 107 Å². The molecule has 0 saturated heterocycles. The van der Waals surface area contributed by atoms with E-state index in [2.05, 4.69) is 0 Å². The van der Waals surface area contributed by atoms with Crippen molar-refractivity contribution in [3.8, 4) is 0 Å². The van der Waals surface area contributed by atoms with E-state index >= 15 is 0 Å². The van der Waals surface area contributed by atoms with Crippen LogP contribution >= 0.6 is 0 Å². The maximum Gasteiger partial charge on any atom is 0.296 e. The van der Waals surface area contributed by atoms with E-state index in [1.807, 2.05) is 13.8 Å². The van der Waals surface area contributed by atoms with E-state index in [0.717, 1.165) is 11.1 Å². The molecule has 30 heavy (non-hydrogen) atoms. The molecule has 0 spiro atoms. The summed E-state index contributed by atoms with van der Waals surface area (Å²) < 4.78 is 60.0. The van der Waals surface area contributed by atoms with E-state index in [1.165, 1.54) is 24.3 Å². The van der Waals surface area contributed by atoms with Crippen LogP contribution in [0.25, 0.3) is 0 Å². The van der Waals surface area contributed by atoms with Crippen LogP contribution in [0.3, 0.4) is 0 Å². The molecule has 1 N–H and O–H groups in total. The molecular weight excluding hydrogens is 428 g/mol. The van der Waals surface area contributed by atoms with Crippen molar-refractivity contribution in [1.29, 1.82) is 0 Å². The number of aliphatic hydroxyl groups excluding tert-OH is 1. The summed E-state index contributed by atoms with van der Waals surface area (Å²) in [5.74, 6) is -0.679. The van der Waals surface area contributed by atoms with Gasteiger partial charge >= 0.3 is 0 Å². The molecular formula is C21H26O7S2. The molecule has 2 unspecified atom stereocenters. The second kappa shape index (κ2) is 9.15. The standard InChI is InChI=1S/C21H26O7S2/c1-15-3-7-20(8-4-15)29(23,24)27-13-17-11-19(22)12-18(17)14-28-30(25,26)21-9-5-16(2)6-10-21/h3-10,17-19,22H,11-14H2,1-2H3. The van der Waals surface area contributed by atoms with Crippen molar-refractivity contribution in [3.63, 3.8) is 0 Å². The molecule has 0 aliphatic heterocycles. The number of hydrogen-bond donors (Lipinski definition) is 1. The van der Waals surface area contributed by atoms with Gasteiger partial charge in [0.05, 0.1) is 29.1 Å². The van der Waals surface area contributed by atoms with E-state index < -0.39 is 26.3 Å². The zero-order valence-electron chi connectivity index (χ0n) is 16.9. The summed E-state index contributed by atoms with van der Waals surface area (Å²) in [6.07, 6.45) is -0.0132. The van der Waals surface area contributed by atoms with Crippen LogP contribution in [0.1, 0.15) is 24.0 Å². The normalized spacial score (nSPS) is 22.3. The van der Waals surface area contributed by atoms with Gasteiger partial charge in [0.15, 0.2) is 0 Å². The lowest BCUT2D eigenvalue weighted by molar-refractivity contribution is 0.168. The molecule has 2 aromatic rings. The third-order valence-corrected chi connectivity index (χ3v) is 7.90. The van der Waals surface area contributed by atoms with Crippen LogP contribution in [-0.2, 0) is 28.6 Å². The van der Waals surface area contributed by atoms with Gasteiger partial charge in [0, 0.05) is 0 Å². The third kappa shape index (κ3) is 5.67. The van der Waals surface area contributed by atoms with Gasteiger partial charge in [-0.2, -0.15) is 16.8 Å². The minimum Gasteiger partial charge on any atom is -0.393 e. The predicted octanol–water partition coefficient (Wildman–Crippen LogP) is 2.80. The number of rotatable bonds is 8. The fraction of sp³-hybridized carbons (Fsp3) is 0.429. The Balaban J connectivity index is 1.62.